The first-order valence-electron chi connectivity index (χ1n) is 12.0. The molecule has 9 heteroatoms. The van der Waals surface area contributed by atoms with Crippen LogP contribution in [0, 0.1) is 5.92 Å². The van der Waals surface area contributed by atoms with Crippen LogP contribution in [0.2, 0.25) is 0 Å². The third-order valence-corrected chi connectivity index (χ3v) is 5.62. The smallest absolute Gasteiger partial charge is 0.243 e. The Labute approximate surface area is 212 Å². The van der Waals surface area contributed by atoms with Crippen LogP contribution in [-0.4, -0.2) is 53.4 Å². The Bertz CT molecular complexity index is 1020. The molecule has 2 aromatic rings. The zero-order valence-corrected chi connectivity index (χ0v) is 21.2. The first-order valence-corrected chi connectivity index (χ1v) is 12.0. The van der Waals surface area contributed by atoms with Crippen molar-refractivity contribution in [2.75, 3.05) is 6.54 Å². The number of hydrogen-bond donors (Lipinski definition) is 5. The van der Waals surface area contributed by atoms with E-state index in [-0.39, 0.29) is 29.9 Å². The second kappa shape index (κ2) is 13.9. The number of carbonyl (C=O) groups excluding carboxylic acids is 4. The molecule has 9 nitrogen and oxygen atoms in total. The molecule has 194 valence electrons. The molecule has 5 N–H and O–H groups in total. The van der Waals surface area contributed by atoms with E-state index in [4.69, 9.17) is 0 Å². The first kappa shape index (κ1) is 28.4. The maximum absolute atomic E-state index is 13.0. The molecule has 0 unspecified atom stereocenters. The Balaban J connectivity index is 1.96. The van der Waals surface area contributed by atoms with Crippen LogP contribution in [0.15, 0.2) is 54.6 Å². The van der Waals surface area contributed by atoms with Crippen LogP contribution in [0.25, 0.3) is 0 Å². The Kier molecular flexibility index (Phi) is 10.9. The molecular weight excluding hydrogens is 460 g/mol. The molecule has 0 aliphatic carbocycles. The van der Waals surface area contributed by atoms with Crippen LogP contribution in [0.4, 0.5) is 0 Å². The summed E-state index contributed by atoms with van der Waals surface area (Å²) in [6.07, 6.45) is 0.849. The number of amides is 4. The monoisotopic (exact) mass is 496 g/mol. The molecule has 3 atom stereocenters. The summed E-state index contributed by atoms with van der Waals surface area (Å²) in [5.41, 5.74) is 1.83. The van der Waals surface area contributed by atoms with Gasteiger partial charge in [-0.25, -0.2) is 0 Å². The molecule has 2 aromatic carbocycles. The van der Waals surface area contributed by atoms with E-state index in [0.717, 1.165) is 11.1 Å². The minimum Gasteiger partial charge on any atom is -0.508 e. The van der Waals surface area contributed by atoms with Gasteiger partial charge in [0.1, 0.15) is 23.9 Å². The van der Waals surface area contributed by atoms with Gasteiger partial charge < -0.3 is 26.4 Å². The summed E-state index contributed by atoms with van der Waals surface area (Å²) in [7, 11) is 0. The molecule has 0 aliphatic rings. The summed E-state index contributed by atoms with van der Waals surface area (Å²) < 4.78 is 0. The first-order chi connectivity index (χ1) is 17.1. The summed E-state index contributed by atoms with van der Waals surface area (Å²) in [5, 5.41) is 20.3. The van der Waals surface area contributed by atoms with Gasteiger partial charge in [-0.15, -0.1) is 0 Å². The Hall–Kier alpha value is -3.88. The number of phenols is 1. The molecule has 36 heavy (non-hydrogen) atoms. The number of rotatable bonds is 12. The van der Waals surface area contributed by atoms with Gasteiger partial charge in [-0.2, -0.15) is 0 Å². The maximum atomic E-state index is 13.0. The van der Waals surface area contributed by atoms with Gasteiger partial charge in [-0.1, -0.05) is 56.3 Å². The van der Waals surface area contributed by atoms with Crippen molar-refractivity contribution in [3.05, 3.63) is 65.7 Å². The van der Waals surface area contributed by atoms with Crippen LogP contribution in [0.3, 0.4) is 0 Å². The van der Waals surface area contributed by atoms with E-state index >= 15 is 0 Å². The van der Waals surface area contributed by atoms with Crippen molar-refractivity contribution >= 4 is 23.6 Å². The largest absolute Gasteiger partial charge is 0.508 e. The number of aromatic hydroxyl groups is 1. The van der Waals surface area contributed by atoms with E-state index < -0.39 is 29.9 Å². The van der Waals surface area contributed by atoms with Gasteiger partial charge in [0.25, 0.3) is 0 Å². The molecule has 0 saturated heterocycles. The summed E-state index contributed by atoms with van der Waals surface area (Å²) >= 11 is 0. The van der Waals surface area contributed by atoms with E-state index in [2.05, 4.69) is 21.3 Å². The standard InChI is InChI=1S/C27H36N4O5/c1-17(2)24(27(36)29-18(3)25(34)28-15-14-20-8-6-5-7-9-20)31-26(35)23(30-19(4)32)16-21-10-12-22(33)13-11-21/h5-13,17-18,23-24,33H,14-16H2,1-4H3,(H,28,34)(H,29,36)(H,30,32)(H,31,35)/t18-,23+,24+/m1/s1. The minimum atomic E-state index is -0.917. The highest BCUT2D eigenvalue weighted by Gasteiger charge is 2.30. The fraction of sp³-hybridized carbons (Fsp3) is 0.407. The normalized spacial score (nSPS) is 13.2. The predicted molar refractivity (Wildman–Crippen MR) is 137 cm³/mol. The lowest BCUT2D eigenvalue weighted by molar-refractivity contribution is -0.134. The molecule has 4 amide bonds. The van der Waals surface area contributed by atoms with Gasteiger partial charge in [-0.05, 0) is 42.5 Å². The van der Waals surface area contributed by atoms with Gasteiger partial charge >= 0.3 is 0 Å². The van der Waals surface area contributed by atoms with Gasteiger partial charge in [0.2, 0.25) is 23.6 Å². The quantitative estimate of drug-likeness (QED) is 0.303. The number of nitrogens with one attached hydrogen (secondary N) is 4. The topological polar surface area (TPSA) is 137 Å². The van der Waals surface area contributed by atoms with Crippen molar-refractivity contribution < 1.29 is 24.3 Å². The summed E-state index contributed by atoms with van der Waals surface area (Å²) in [5.74, 6) is -1.90. The van der Waals surface area contributed by atoms with Crippen LogP contribution in [0.5, 0.6) is 5.75 Å². The molecule has 0 spiro atoms. The Morgan fingerprint density at radius 1 is 0.778 bits per heavy atom. The van der Waals surface area contributed by atoms with E-state index in [0.29, 0.717) is 13.0 Å². The van der Waals surface area contributed by atoms with Crippen molar-refractivity contribution in [1.29, 1.82) is 0 Å². The highest BCUT2D eigenvalue weighted by atomic mass is 16.3. The van der Waals surface area contributed by atoms with Crippen molar-refractivity contribution in [1.82, 2.24) is 21.3 Å². The Morgan fingerprint density at radius 2 is 1.42 bits per heavy atom. The van der Waals surface area contributed by atoms with Crippen LogP contribution >= 0.6 is 0 Å². The van der Waals surface area contributed by atoms with Crippen molar-refractivity contribution in [2.24, 2.45) is 5.92 Å². The van der Waals surface area contributed by atoms with Crippen LogP contribution in [0.1, 0.15) is 38.8 Å². The van der Waals surface area contributed by atoms with Gasteiger partial charge in [0, 0.05) is 19.9 Å². The number of phenolic OH excluding ortho intramolecular Hbond substituents is 1. The van der Waals surface area contributed by atoms with E-state index in [1.807, 2.05) is 30.3 Å². The van der Waals surface area contributed by atoms with Crippen molar-refractivity contribution in [3.8, 4) is 5.75 Å². The molecule has 0 saturated carbocycles. The zero-order valence-electron chi connectivity index (χ0n) is 21.2. The fourth-order valence-electron chi connectivity index (χ4n) is 3.61. The van der Waals surface area contributed by atoms with Crippen molar-refractivity contribution in [2.45, 2.75) is 58.7 Å². The lowest BCUT2D eigenvalue weighted by atomic mass is 10.0. The molecule has 2 rings (SSSR count). The Morgan fingerprint density at radius 3 is 2.00 bits per heavy atom. The molecule has 0 radical (unpaired) electrons. The summed E-state index contributed by atoms with van der Waals surface area (Å²) in [4.78, 5) is 50.1. The lowest BCUT2D eigenvalue weighted by Crippen LogP contribution is -2.58. The maximum Gasteiger partial charge on any atom is 0.243 e. The number of carbonyl (C=O) groups is 4. The summed E-state index contributed by atoms with van der Waals surface area (Å²) in [6, 6.07) is 13.4. The second-order valence-electron chi connectivity index (χ2n) is 9.11. The van der Waals surface area contributed by atoms with E-state index in [1.54, 1.807) is 32.9 Å². The lowest BCUT2D eigenvalue weighted by Gasteiger charge is -2.26. The van der Waals surface area contributed by atoms with Gasteiger partial charge in [0.15, 0.2) is 0 Å². The average Bonchev–Trinajstić information content (AvgIpc) is 2.83. The number of hydrogen-bond acceptors (Lipinski definition) is 5. The summed E-state index contributed by atoms with van der Waals surface area (Å²) in [6.45, 7) is 6.88. The molecule has 0 aliphatic heterocycles. The van der Waals surface area contributed by atoms with Crippen LogP contribution < -0.4 is 21.3 Å². The predicted octanol–water partition coefficient (Wildman–Crippen LogP) is 1.44. The highest BCUT2D eigenvalue weighted by molar-refractivity contribution is 5.94. The zero-order chi connectivity index (χ0) is 26.7. The minimum absolute atomic E-state index is 0.0917. The van der Waals surface area contributed by atoms with Gasteiger partial charge in [-0.3, -0.25) is 19.2 Å². The molecule has 0 fully saturated rings. The SMILES string of the molecule is CC(=O)N[C@@H](Cc1ccc(O)cc1)C(=O)N[C@H](C(=O)N[C@H](C)C(=O)NCCc1ccccc1)C(C)C. The molecular formula is C27H36N4O5. The van der Waals surface area contributed by atoms with Crippen LogP contribution in [-0.2, 0) is 32.0 Å². The highest BCUT2D eigenvalue weighted by Crippen LogP contribution is 2.12. The van der Waals surface area contributed by atoms with Gasteiger partial charge in [0.05, 0.1) is 0 Å². The van der Waals surface area contributed by atoms with Crippen molar-refractivity contribution in [3.63, 3.8) is 0 Å². The van der Waals surface area contributed by atoms with E-state index in [1.165, 1.54) is 19.1 Å². The fourth-order valence-corrected chi connectivity index (χ4v) is 3.61. The molecule has 0 aromatic heterocycles. The third kappa shape index (κ3) is 9.40. The molecule has 0 heterocycles. The second-order valence-corrected chi connectivity index (χ2v) is 9.11. The average molecular weight is 497 g/mol. The molecule has 0 bridgehead atoms. The van der Waals surface area contributed by atoms with E-state index in [9.17, 15) is 24.3 Å². The number of benzene rings is 2. The third-order valence-electron chi connectivity index (χ3n) is 5.62.